The van der Waals surface area contributed by atoms with Gasteiger partial charge in [-0.1, -0.05) is 30.3 Å². The van der Waals surface area contributed by atoms with Gasteiger partial charge in [-0.3, -0.25) is 4.99 Å². The number of ether oxygens (including phenoxy) is 1. The summed E-state index contributed by atoms with van der Waals surface area (Å²) >= 11 is 5.43. The van der Waals surface area contributed by atoms with E-state index in [9.17, 15) is 0 Å². The Kier molecular flexibility index (Phi) is 12.0. The molecular weight excluding hydrogens is 525 g/mol. The molecule has 26 heavy (non-hydrogen) atoms. The van der Waals surface area contributed by atoms with E-state index in [1.165, 1.54) is 4.90 Å². The SMILES string of the molecule is COCc1ccccc1NC(N)=NCCCCSc1ccccc1Br.I. The van der Waals surface area contributed by atoms with Gasteiger partial charge in [-0.05, 0) is 52.7 Å². The third-order valence-corrected chi connectivity index (χ3v) is 5.62. The van der Waals surface area contributed by atoms with Crippen LogP contribution in [-0.2, 0) is 11.3 Å². The topological polar surface area (TPSA) is 59.6 Å². The summed E-state index contributed by atoms with van der Waals surface area (Å²) in [7, 11) is 1.68. The first kappa shape index (κ1) is 23.3. The predicted octanol–water partition coefficient (Wildman–Crippen LogP) is 5.51. The fourth-order valence-corrected chi connectivity index (χ4v) is 3.84. The fourth-order valence-electron chi connectivity index (χ4n) is 2.26. The number of aliphatic imine (C=N–C) groups is 1. The first-order valence-electron chi connectivity index (χ1n) is 8.22. The normalized spacial score (nSPS) is 11.1. The maximum atomic E-state index is 5.98. The van der Waals surface area contributed by atoms with Gasteiger partial charge in [-0.15, -0.1) is 35.7 Å². The molecule has 142 valence electrons. The summed E-state index contributed by atoms with van der Waals surface area (Å²) in [5, 5.41) is 3.16. The van der Waals surface area contributed by atoms with E-state index in [1.807, 2.05) is 42.1 Å². The van der Waals surface area contributed by atoms with Crippen molar-refractivity contribution in [1.29, 1.82) is 0 Å². The van der Waals surface area contributed by atoms with Gasteiger partial charge in [0.25, 0.3) is 0 Å². The Labute approximate surface area is 185 Å². The number of anilines is 1. The predicted molar refractivity (Wildman–Crippen MR) is 127 cm³/mol. The van der Waals surface area contributed by atoms with Gasteiger partial charge in [0, 0.05) is 34.3 Å². The molecule has 0 aliphatic heterocycles. The number of para-hydroxylation sites is 1. The number of nitrogens with zero attached hydrogens (tertiary/aromatic N) is 1. The van der Waals surface area contributed by atoms with E-state index >= 15 is 0 Å². The molecule has 2 aromatic carbocycles. The fraction of sp³-hybridized carbons (Fsp3) is 0.316. The average molecular weight is 550 g/mol. The van der Waals surface area contributed by atoms with Crippen molar-refractivity contribution in [2.75, 3.05) is 24.7 Å². The summed E-state index contributed by atoms with van der Waals surface area (Å²) in [6.45, 7) is 1.27. The zero-order valence-electron chi connectivity index (χ0n) is 14.8. The zero-order chi connectivity index (χ0) is 17.9. The molecule has 0 aliphatic rings. The van der Waals surface area contributed by atoms with Crippen molar-refractivity contribution in [3.05, 3.63) is 58.6 Å². The van der Waals surface area contributed by atoms with E-state index in [0.29, 0.717) is 12.6 Å². The van der Waals surface area contributed by atoms with Crippen molar-refractivity contribution in [2.45, 2.75) is 24.3 Å². The lowest BCUT2D eigenvalue weighted by Crippen LogP contribution is -2.23. The molecule has 0 aliphatic carbocycles. The molecule has 3 N–H and O–H groups in total. The van der Waals surface area contributed by atoms with Crippen LogP contribution in [0.1, 0.15) is 18.4 Å². The van der Waals surface area contributed by atoms with Crippen LogP contribution < -0.4 is 11.1 Å². The van der Waals surface area contributed by atoms with Crippen LogP contribution in [0.2, 0.25) is 0 Å². The smallest absolute Gasteiger partial charge is 0.193 e. The molecule has 2 rings (SSSR count). The van der Waals surface area contributed by atoms with Gasteiger partial charge < -0.3 is 15.8 Å². The lowest BCUT2D eigenvalue weighted by molar-refractivity contribution is 0.185. The summed E-state index contributed by atoms with van der Waals surface area (Å²) in [4.78, 5) is 5.69. The minimum absolute atomic E-state index is 0. The number of thioether (sulfide) groups is 1. The van der Waals surface area contributed by atoms with Gasteiger partial charge in [-0.25, -0.2) is 0 Å². The standard InChI is InChI=1S/C19H24BrN3OS.HI/c1-24-14-15-8-2-4-10-17(15)23-19(21)22-12-6-7-13-25-18-11-5-3-9-16(18)20;/h2-5,8-11H,6-7,12-14H2,1H3,(H3,21,22,23);1H. The van der Waals surface area contributed by atoms with Crippen molar-refractivity contribution in [1.82, 2.24) is 0 Å². The molecule has 0 saturated carbocycles. The van der Waals surface area contributed by atoms with Gasteiger partial charge in [0.2, 0.25) is 0 Å². The van der Waals surface area contributed by atoms with Crippen molar-refractivity contribution in [3.8, 4) is 0 Å². The molecule has 7 heteroatoms. The second-order valence-corrected chi connectivity index (χ2v) is 7.46. The van der Waals surface area contributed by atoms with Crippen LogP contribution in [-0.4, -0.2) is 25.4 Å². The van der Waals surface area contributed by atoms with Crippen LogP contribution >= 0.6 is 51.7 Å². The maximum absolute atomic E-state index is 5.98. The molecule has 0 saturated heterocycles. The number of hydrogen-bond acceptors (Lipinski definition) is 3. The highest BCUT2D eigenvalue weighted by atomic mass is 127. The van der Waals surface area contributed by atoms with Crippen LogP contribution in [0.3, 0.4) is 0 Å². The molecule has 0 bridgehead atoms. The summed E-state index contributed by atoms with van der Waals surface area (Å²) in [6, 6.07) is 16.2. The van der Waals surface area contributed by atoms with E-state index in [4.69, 9.17) is 10.5 Å². The highest BCUT2D eigenvalue weighted by Gasteiger charge is 2.02. The molecule has 0 atom stereocenters. The molecule has 2 aromatic rings. The number of nitrogens with one attached hydrogen (secondary N) is 1. The van der Waals surface area contributed by atoms with Gasteiger partial charge in [0.05, 0.1) is 6.61 Å². The molecule has 0 radical (unpaired) electrons. The lowest BCUT2D eigenvalue weighted by Gasteiger charge is -2.10. The first-order chi connectivity index (χ1) is 12.2. The third-order valence-electron chi connectivity index (χ3n) is 3.51. The summed E-state index contributed by atoms with van der Waals surface area (Å²) in [6.07, 6.45) is 2.11. The molecule has 0 unspecified atom stereocenters. The van der Waals surface area contributed by atoms with Gasteiger partial charge in [0.1, 0.15) is 0 Å². The van der Waals surface area contributed by atoms with E-state index in [-0.39, 0.29) is 24.0 Å². The van der Waals surface area contributed by atoms with Crippen LogP contribution in [0.15, 0.2) is 62.9 Å². The van der Waals surface area contributed by atoms with Crippen LogP contribution in [0, 0.1) is 0 Å². The quantitative estimate of drug-likeness (QED) is 0.142. The number of methoxy groups -OCH3 is 1. The second kappa shape index (κ2) is 13.4. The van der Waals surface area contributed by atoms with Gasteiger partial charge >= 0.3 is 0 Å². The number of benzene rings is 2. The largest absolute Gasteiger partial charge is 0.380 e. The number of guanidine groups is 1. The Morgan fingerprint density at radius 3 is 2.65 bits per heavy atom. The van der Waals surface area contributed by atoms with E-state index in [1.54, 1.807) is 7.11 Å². The zero-order valence-corrected chi connectivity index (χ0v) is 19.5. The highest BCUT2D eigenvalue weighted by molar-refractivity contribution is 14.0. The van der Waals surface area contributed by atoms with E-state index in [0.717, 1.165) is 40.9 Å². The van der Waals surface area contributed by atoms with Gasteiger partial charge in [-0.2, -0.15) is 0 Å². The number of rotatable bonds is 9. The average Bonchev–Trinajstić information content (AvgIpc) is 2.61. The van der Waals surface area contributed by atoms with Crippen LogP contribution in [0.5, 0.6) is 0 Å². The third kappa shape index (κ3) is 8.28. The molecular formula is C19H25BrIN3OS. The van der Waals surface area contributed by atoms with Crippen molar-refractivity contribution >= 4 is 63.3 Å². The van der Waals surface area contributed by atoms with Crippen molar-refractivity contribution in [2.24, 2.45) is 10.7 Å². The number of halogens is 2. The van der Waals surface area contributed by atoms with Gasteiger partial charge in [0.15, 0.2) is 5.96 Å². The Morgan fingerprint density at radius 2 is 1.88 bits per heavy atom. The summed E-state index contributed by atoms with van der Waals surface area (Å²) in [5.74, 6) is 1.52. The first-order valence-corrected chi connectivity index (χ1v) is 9.99. The minimum Gasteiger partial charge on any atom is -0.380 e. The molecule has 4 nitrogen and oxygen atoms in total. The summed E-state index contributed by atoms with van der Waals surface area (Å²) < 4.78 is 6.35. The second-order valence-electron chi connectivity index (χ2n) is 5.47. The lowest BCUT2D eigenvalue weighted by atomic mass is 10.2. The summed E-state index contributed by atoms with van der Waals surface area (Å²) in [5.41, 5.74) is 7.99. The molecule has 0 fully saturated rings. The molecule has 0 heterocycles. The molecule has 0 aromatic heterocycles. The minimum atomic E-state index is 0. The monoisotopic (exact) mass is 549 g/mol. The maximum Gasteiger partial charge on any atom is 0.193 e. The van der Waals surface area contributed by atoms with Crippen LogP contribution in [0.25, 0.3) is 0 Å². The van der Waals surface area contributed by atoms with Crippen molar-refractivity contribution in [3.63, 3.8) is 0 Å². The molecule has 0 spiro atoms. The van der Waals surface area contributed by atoms with Crippen LogP contribution in [0.4, 0.5) is 5.69 Å². The van der Waals surface area contributed by atoms with Crippen molar-refractivity contribution < 1.29 is 4.74 Å². The number of nitrogens with two attached hydrogens (primary N) is 1. The Bertz CT molecular complexity index is 700. The Morgan fingerprint density at radius 1 is 1.15 bits per heavy atom. The Hall–Kier alpha value is -0.770. The molecule has 0 amide bonds. The highest BCUT2D eigenvalue weighted by Crippen LogP contribution is 2.27. The Balaban J connectivity index is 0.00000338. The van der Waals surface area contributed by atoms with E-state index < -0.39 is 0 Å². The number of unbranched alkanes of at least 4 members (excludes halogenated alkanes) is 1. The van der Waals surface area contributed by atoms with E-state index in [2.05, 4.69) is 44.4 Å². The number of hydrogen-bond donors (Lipinski definition) is 2.